The summed E-state index contributed by atoms with van der Waals surface area (Å²) in [5.74, 6) is -1.31. The molecule has 0 fully saturated rings. The number of hydrogen-bond donors (Lipinski definition) is 2. The molecule has 0 bridgehead atoms. The van der Waals surface area contributed by atoms with Crippen molar-refractivity contribution in [2.45, 2.75) is 38.1 Å². The first-order valence-electron chi connectivity index (χ1n) is 10.5. The molecule has 1 aliphatic heterocycles. The minimum atomic E-state index is -0.470. The molecule has 1 aliphatic carbocycles. The zero-order valence-corrected chi connectivity index (χ0v) is 18.5. The second kappa shape index (κ2) is 9.33. The number of hydrogen-bond acceptors (Lipinski definition) is 3. The standard InChI is InChI=1S/C24H24Cl2N2O3/c25-19-11-10-15(13-20(19)26)5-4-12-27-23(30)18-14-28(24(31)22(18)29)21-9-3-7-16-6-1-2-8-17(16)21/h1-2,6,8,10-11,13,21,29H,3-5,7,9,12,14H2,(H,27,30). The first kappa shape index (κ1) is 21.7. The van der Waals surface area contributed by atoms with Crippen LogP contribution in [0.2, 0.25) is 10.0 Å². The van der Waals surface area contributed by atoms with E-state index in [1.54, 1.807) is 11.0 Å². The number of carbonyl (C=O) groups is 2. The predicted octanol–water partition coefficient (Wildman–Crippen LogP) is 4.77. The van der Waals surface area contributed by atoms with Crippen LogP contribution in [-0.4, -0.2) is 34.9 Å². The Labute approximate surface area is 191 Å². The first-order valence-corrected chi connectivity index (χ1v) is 11.2. The van der Waals surface area contributed by atoms with Gasteiger partial charge in [-0.15, -0.1) is 0 Å². The minimum Gasteiger partial charge on any atom is -0.503 e. The van der Waals surface area contributed by atoms with E-state index in [1.807, 2.05) is 30.3 Å². The highest BCUT2D eigenvalue weighted by molar-refractivity contribution is 6.42. The topological polar surface area (TPSA) is 69.6 Å². The van der Waals surface area contributed by atoms with E-state index in [2.05, 4.69) is 11.4 Å². The van der Waals surface area contributed by atoms with Crippen molar-refractivity contribution in [1.29, 1.82) is 0 Å². The number of halogens is 2. The molecule has 2 aromatic rings. The zero-order valence-electron chi connectivity index (χ0n) is 17.0. The number of nitrogens with zero attached hydrogens (tertiary/aromatic N) is 1. The summed E-state index contributed by atoms with van der Waals surface area (Å²) in [6, 6.07) is 13.4. The number of amides is 2. The quantitative estimate of drug-likeness (QED) is 0.612. The Balaban J connectivity index is 1.35. The average Bonchev–Trinajstić information content (AvgIpc) is 3.07. The molecule has 31 heavy (non-hydrogen) atoms. The smallest absolute Gasteiger partial charge is 0.290 e. The number of aryl methyl sites for hydroxylation is 2. The third kappa shape index (κ3) is 4.58. The molecule has 4 rings (SSSR count). The summed E-state index contributed by atoms with van der Waals surface area (Å²) in [6.45, 7) is 0.554. The van der Waals surface area contributed by atoms with E-state index < -0.39 is 17.6 Å². The van der Waals surface area contributed by atoms with Crippen molar-refractivity contribution in [2.75, 3.05) is 13.1 Å². The van der Waals surface area contributed by atoms with E-state index in [9.17, 15) is 14.7 Å². The van der Waals surface area contributed by atoms with Crippen molar-refractivity contribution in [3.05, 3.63) is 80.5 Å². The second-order valence-corrected chi connectivity index (χ2v) is 8.79. The van der Waals surface area contributed by atoms with Crippen LogP contribution in [0.4, 0.5) is 0 Å². The molecule has 1 atom stereocenters. The van der Waals surface area contributed by atoms with Crippen LogP contribution in [0.25, 0.3) is 0 Å². The molecule has 1 heterocycles. The van der Waals surface area contributed by atoms with Gasteiger partial charge in [0.05, 0.1) is 28.2 Å². The van der Waals surface area contributed by atoms with Gasteiger partial charge in [-0.25, -0.2) is 0 Å². The fraction of sp³-hybridized carbons (Fsp3) is 0.333. The summed E-state index contributed by atoms with van der Waals surface area (Å²) in [5, 5.41) is 14.2. The third-order valence-electron chi connectivity index (χ3n) is 5.98. The fourth-order valence-electron chi connectivity index (χ4n) is 4.36. The van der Waals surface area contributed by atoms with Gasteiger partial charge in [0, 0.05) is 6.54 Å². The molecule has 2 aliphatic rings. The largest absolute Gasteiger partial charge is 0.503 e. The predicted molar refractivity (Wildman–Crippen MR) is 121 cm³/mol. The maximum absolute atomic E-state index is 12.7. The van der Waals surface area contributed by atoms with Crippen LogP contribution in [0.5, 0.6) is 0 Å². The lowest BCUT2D eigenvalue weighted by Crippen LogP contribution is -2.35. The summed E-state index contributed by atoms with van der Waals surface area (Å²) < 4.78 is 0. The van der Waals surface area contributed by atoms with Crippen molar-refractivity contribution in [3.8, 4) is 0 Å². The number of aliphatic hydroxyl groups excluding tert-OH is 1. The highest BCUT2D eigenvalue weighted by Gasteiger charge is 2.39. The number of fused-ring (bicyclic) bond motifs is 1. The molecule has 5 nitrogen and oxygen atoms in total. The summed E-state index contributed by atoms with van der Waals surface area (Å²) in [7, 11) is 0. The van der Waals surface area contributed by atoms with Crippen LogP contribution in [-0.2, 0) is 22.4 Å². The van der Waals surface area contributed by atoms with Gasteiger partial charge in [0.15, 0.2) is 5.76 Å². The third-order valence-corrected chi connectivity index (χ3v) is 6.72. The molecule has 2 amide bonds. The SMILES string of the molecule is O=C(NCCCc1ccc(Cl)c(Cl)c1)C1=C(O)C(=O)N(C2CCCc3ccccc32)C1. The van der Waals surface area contributed by atoms with Gasteiger partial charge in [0.25, 0.3) is 11.8 Å². The molecule has 162 valence electrons. The molecule has 1 unspecified atom stereocenters. The molecule has 0 aromatic heterocycles. The van der Waals surface area contributed by atoms with E-state index in [1.165, 1.54) is 5.56 Å². The van der Waals surface area contributed by atoms with Gasteiger partial charge < -0.3 is 15.3 Å². The normalized spacial score (nSPS) is 18.3. The Bertz CT molecular complexity index is 1050. The average molecular weight is 459 g/mol. The number of carbonyl (C=O) groups excluding carboxylic acids is 2. The first-order chi connectivity index (χ1) is 15.0. The van der Waals surface area contributed by atoms with Gasteiger partial charge in [-0.1, -0.05) is 53.5 Å². The van der Waals surface area contributed by atoms with E-state index in [0.29, 0.717) is 23.0 Å². The Morgan fingerprint density at radius 2 is 1.97 bits per heavy atom. The van der Waals surface area contributed by atoms with Gasteiger partial charge in [0.1, 0.15) is 0 Å². The van der Waals surface area contributed by atoms with Crippen LogP contribution >= 0.6 is 23.2 Å². The summed E-state index contributed by atoms with van der Waals surface area (Å²) in [4.78, 5) is 27.0. The molecular formula is C24H24Cl2N2O3. The highest BCUT2D eigenvalue weighted by atomic mass is 35.5. The number of benzene rings is 2. The van der Waals surface area contributed by atoms with Crippen molar-refractivity contribution >= 4 is 35.0 Å². The number of aliphatic hydroxyl groups is 1. The van der Waals surface area contributed by atoms with Crippen molar-refractivity contribution < 1.29 is 14.7 Å². The Kier molecular flexibility index (Phi) is 6.54. The van der Waals surface area contributed by atoms with E-state index in [0.717, 1.165) is 36.8 Å². The van der Waals surface area contributed by atoms with Crippen LogP contribution < -0.4 is 5.32 Å². The van der Waals surface area contributed by atoms with E-state index in [4.69, 9.17) is 23.2 Å². The lowest BCUT2D eigenvalue weighted by Gasteiger charge is -2.33. The van der Waals surface area contributed by atoms with Gasteiger partial charge >= 0.3 is 0 Å². The number of rotatable bonds is 6. The number of nitrogens with one attached hydrogen (secondary N) is 1. The van der Waals surface area contributed by atoms with E-state index >= 15 is 0 Å². The fourth-order valence-corrected chi connectivity index (χ4v) is 4.68. The van der Waals surface area contributed by atoms with Crippen LogP contribution in [0.1, 0.15) is 42.0 Å². The Hall–Kier alpha value is -2.50. The van der Waals surface area contributed by atoms with Crippen molar-refractivity contribution in [1.82, 2.24) is 10.2 Å². The van der Waals surface area contributed by atoms with Crippen LogP contribution in [0.3, 0.4) is 0 Å². The highest BCUT2D eigenvalue weighted by Crippen LogP contribution is 2.37. The maximum atomic E-state index is 12.7. The van der Waals surface area contributed by atoms with Gasteiger partial charge in [0.2, 0.25) is 0 Å². The zero-order chi connectivity index (χ0) is 22.0. The summed E-state index contributed by atoms with van der Waals surface area (Å²) in [6.07, 6.45) is 4.22. The van der Waals surface area contributed by atoms with Gasteiger partial charge in [-0.2, -0.15) is 0 Å². The van der Waals surface area contributed by atoms with Gasteiger partial charge in [-0.3, -0.25) is 9.59 Å². The maximum Gasteiger partial charge on any atom is 0.290 e. The lowest BCUT2D eigenvalue weighted by molar-refractivity contribution is -0.130. The second-order valence-electron chi connectivity index (χ2n) is 7.97. The molecule has 2 N–H and O–H groups in total. The monoisotopic (exact) mass is 458 g/mol. The van der Waals surface area contributed by atoms with Crippen LogP contribution in [0, 0.1) is 0 Å². The molecule has 0 saturated carbocycles. The van der Waals surface area contributed by atoms with Gasteiger partial charge in [-0.05, 0) is 60.9 Å². The lowest BCUT2D eigenvalue weighted by atomic mass is 9.87. The van der Waals surface area contributed by atoms with Crippen molar-refractivity contribution in [3.63, 3.8) is 0 Å². The molecule has 7 heteroatoms. The van der Waals surface area contributed by atoms with Crippen LogP contribution in [0.15, 0.2) is 53.8 Å². The Morgan fingerprint density at radius 1 is 1.16 bits per heavy atom. The Morgan fingerprint density at radius 3 is 2.77 bits per heavy atom. The van der Waals surface area contributed by atoms with E-state index in [-0.39, 0.29) is 18.2 Å². The van der Waals surface area contributed by atoms with Crippen molar-refractivity contribution in [2.24, 2.45) is 0 Å². The minimum absolute atomic E-state index is 0.112. The molecule has 2 aromatic carbocycles. The summed E-state index contributed by atoms with van der Waals surface area (Å²) in [5.41, 5.74) is 3.51. The summed E-state index contributed by atoms with van der Waals surface area (Å²) >= 11 is 12.0. The molecule has 0 saturated heterocycles. The molecule has 0 spiro atoms. The molecule has 0 radical (unpaired) electrons. The molecular weight excluding hydrogens is 435 g/mol.